The van der Waals surface area contributed by atoms with Crippen LogP contribution in [0.4, 0.5) is 14.7 Å². The third-order valence-electron chi connectivity index (χ3n) is 5.31. The van der Waals surface area contributed by atoms with Crippen LogP contribution in [0.25, 0.3) is 0 Å². The molecule has 2 aromatic rings. The number of halogens is 3. The Labute approximate surface area is 175 Å². The highest BCUT2D eigenvalue weighted by atomic mass is 35.5. The average molecular weight is 422 g/mol. The minimum Gasteiger partial charge on any atom is -0.351 e. The Balaban J connectivity index is 0.000000290. The van der Waals surface area contributed by atoms with Crippen LogP contribution in [-0.4, -0.2) is 27.7 Å². The van der Waals surface area contributed by atoms with Gasteiger partial charge in [-0.15, -0.1) is 0 Å². The number of nitrogens with one attached hydrogen (secondary N) is 1. The van der Waals surface area contributed by atoms with E-state index in [1.54, 1.807) is 13.1 Å². The monoisotopic (exact) mass is 421 g/mol. The van der Waals surface area contributed by atoms with Crippen LogP contribution in [-0.2, 0) is 19.3 Å². The van der Waals surface area contributed by atoms with E-state index < -0.39 is 5.92 Å². The van der Waals surface area contributed by atoms with Gasteiger partial charge in [0.25, 0.3) is 0 Å². The molecule has 4 nitrogen and oxygen atoms in total. The lowest BCUT2D eigenvalue weighted by molar-refractivity contribution is -0.104. The van der Waals surface area contributed by atoms with Crippen LogP contribution in [0.3, 0.4) is 0 Å². The second-order valence-electron chi connectivity index (χ2n) is 8.00. The van der Waals surface area contributed by atoms with Gasteiger partial charge in [0.05, 0.1) is 11.3 Å². The minimum atomic E-state index is -2.31. The maximum absolute atomic E-state index is 11.8. The summed E-state index contributed by atoms with van der Waals surface area (Å²) in [6, 6.07) is 6.30. The molecule has 156 valence electrons. The first kappa shape index (κ1) is 21.6. The van der Waals surface area contributed by atoms with E-state index in [-0.39, 0.29) is 30.6 Å². The molecule has 0 radical (unpaired) electrons. The number of hydrogen-bond donors (Lipinski definition) is 1. The van der Waals surface area contributed by atoms with Gasteiger partial charge >= 0.3 is 0 Å². The summed E-state index contributed by atoms with van der Waals surface area (Å²) in [4.78, 5) is 20.3. The highest BCUT2D eigenvalue weighted by Crippen LogP contribution is 2.41. The van der Waals surface area contributed by atoms with Crippen LogP contribution in [0.2, 0.25) is 5.02 Å². The number of aromatic nitrogens is 2. The van der Waals surface area contributed by atoms with Gasteiger partial charge in [-0.2, -0.15) is 0 Å². The quantitative estimate of drug-likeness (QED) is 0.660. The van der Waals surface area contributed by atoms with Crippen LogP contribution < -0.4 is 5.32 Å². The highest BCUT2D eigenvalue weighted by molar-refractivity contribution is 6.30. The number of fused-ring (bicyclic) bond motifs is 1. The second-order valence-corrected chi connectivity index (χ2v) is 8.43. The van der Waals surface area contributed by atoms with Crippen LogP contribution in [0.5, 0.6) is 0 Å². The van der Waals surface area contributed by atoms with Crippen LogP contribution >= 0.6 is 11.6 Å². The van der Waals surface area contributed by atoms with Crippen molar-refractivity contribution in [1.29, 1.82) is 0 Å². The van der Waals surface area contributed by atoms with Crippen molar-refractivity contribution in [3.05, 3.63) is 51.8 Å². The molecule has 1 atom stereocenters. The number of alkyl halides is 2. The van der Waals surface area contributed by atoms with Crippen molar-refractivity contribution in [3.63, 3.8) is 0 Å². The number of hydrogen-bond acceptors (Lipinski definition) is 4. The number of nitrogens with zero attached hydrogens (tertiary/aromatic N) is 2. The topological polar surface area (TPSA) is 54.9 Å². The summed E-state index contributed by atoms with van der Waals surface area (Å²) in [6.07, 6.45) is 4.39. The van der Waals surface area contributed by atoms with Crippen molar-refractivity contribution in [2.45, 2.75) is 64.8 Å². The van der Waals surface area contributed by atoms with Gasteiger partial charge in [-0.25, -0.2) is 18.7 Å². The second kappa shape index (κ2) is 8.74. The molecule has 0 amide bonds. The van der Waals surface area contributed by atoms with E-state index in [0.29, 0.717) is 17.9 Å². The first-order valence-electron chi connectivity index (χ1n) is 9.95. The predicted molar refractivity (Wildman–Crippen MR) is 111 cm³/mol. The number of carbonyl (C=O) groups is 1. The summed E-state index contributed by atoms with van der Waals surface area (Å²) in [5.41, 5.74) is 4.00. The summed E-state index contributed by atoms with van der Waals surface area (Å²) >= 11 is 6.04. The number of Topliss-reactive ketones (excluding diaryl/α,β-unsaturated/α-hetero) is 1. The van der Waals surface area contributed by atoms with E-state index in [4.69, 9.17) is 11.6 Å². The smallest absolute Gasteiger partial charge is 0.248 e. The average Bonchev–Trinajstić information content (AvgIpc) is 3.01. The third kappa shape index (κ3) is 5.50. The summed E-state index contributed by atoms with van der Waals surface area (Å²) in [5.74, 6) is -1.45. The summed E-state index contributed by atoms with van der Waals surface area (Å²) < 4.78 is 23.6. The highest BCUT2D eigenvalue weighted by Gasteiger charge is 2.42. The van der Waals surface area contributed by atoms with E-state index >= 15 is 0 Å². The molecule has 4 rings (SSSR count). The largest absolute Gasteiger partial charge is 0.351 e. The van der Waals surface area contributed by atoms with Gasteiger partial charge in [0.2, 0.25) is 11.9 Å². The molecule has 2 aliphatic carbocycles. The SMILES string of the molecule is CC1CC(F)(F)C1.CCc1nc(NC2Cc3ccc(Cl)cc3C2)ncc1C(C)=O. The first-order chi connectivity index (χ1) is 13.7. The molecule has 0 bridgehead atoms. The zero-order valence-corrected chi connectivity index (χ0v) is 17.7. The molecular formula is C22H26ClF2N3O. The maximum atomic E-state index is 11.8. The molecule has 1 aromatic carbocycles. The summed E-state index contributed by atoms with van der Waals surface area (Å²) in [6.45, 7) is 5.38. The molecule has 1 N–H and O–H groups in total. The molecule has 1 saturated carbocycles. The molecule has 1 fully saturated rings. The summed E-state index contributed by atoms with van der Waals surface area (Å²) in [5, 5.41) is 4.14. The van der Waals surface area contributed by atoms with Gasteiger partial charge in [-0.3, -0.25) is 4.79 Å². The van der Waals surface area contributed by atoms with Gasteiger partial charge < -0.3 is 5.32 Å². The standard InChI is InChI=1S/C17H18ClN3O.C5H8F2/c1-3-16-15(10(2)22)9-19-17(21-16)20-14-7-11-4-5-13(18)6-12(11)8-14;1-4-2-5(6,7)3-4/h4-6,9,14H,3,7-8H2,1-2H3,(H,19,20,21);4H,2-3H2,1H3. The molecule has 1 unspecified atom stereocenters. The molecule has 2 aliphatic rings. The summed E-state index contributed by atoms with van der Waals surface area (Å²) in [7, 11) is 0. The fourth-order valence-electron chi connectivity index (χ4n) is 3.88. The number of rotatable bonds is 4. The van der Waals surface area contributed by atoms with Crippen molar-refractivity contribution in [3.8, 4) is 0 Å². The number of ketones is 1. The van der Waals surface area contributed by atoms with Crippen molar-refractivity contribution in [2.75, 3.05) is 5.32 Å². The number of aryl methyl sites for hydroxylation is 1. The zero-order valence-electron chi connectivity index (χ0n) is 16.9. The number of benzene rings is 1. The van der Waals surface area contributed by atoms with Gasteiger partial charge in [-0.1, -0.05) is 31.5 Å². The van der Waals surface area contributed by atoms with Crippen molar-refractivity contribution in [1.82, 2.24) is 9.97 Å². The van der Waals surface area contributed by atoms with Crippen LogP contribution in [0, 0.1) is 5.92 Å². The van der Waals surface area contributed by atoms with E-state index in [2.05, 4.69) is 21.4 Å². The number of anilines is 1. The maximum Gasteiger partial charge on any atom is 0.248 e. The van der Waals surface area contributed by atoms with E-state index in [9.17, 15) is 13.6 Å². The lowest BCUT2D eigenvalue weighted by Gasteiger charge is -2.31. The molecule has 29 heavy (non-hydrogen) atoms. The van der Waals surface area contributed by atoms with E-state index in [0.717, 1.165) is 23.6 Å². The molecule has 7 heteroatoms. The van der Waals surface area contributed by atoms with Crippen LogP contribution in [0.1, 0.15) is 60.8 Å². The Morgan fingerprint density at radius 1 is 1.28 bits per heavy atom. The van der Waals surface area contributed by atoms with Crippen LogP contribution in [0.15, 0.2) is 24.4 Å². The van der Waals surface area contributed by atoms with E-state index in [1.165, 1.54) is 11.1 Å². The normalized spacial score (nSPS) is 19.6. The molecular weight excluding hydrogens is 396 g/mol. The molecule has 0 saturated heterocycles. The first-order valence-corrected chi connectivity index (χ1v) is 10.3. The minimum absolute atomic E-state index is 0.00585. The Morgan fingerprint density at radius 2 is 1.97 bits per heavy atom. The fraction of sp³-hybridized carbons (Fsp3) is 0.500. The molecule has 0 spiro atoms. The van der Waals surface area contributed by atoms with Crippen molar-refractivity contribution >= 4 is 23.3 Å². The zero-order chi connectivity index (χ0) is 21.2. The van der Waals surface area contributed by atoms with Crippen molar-refractivity contribution in [2.24, 2.45) is 5.92 Å². The fourth-order valence-corrected chi connectivity index (χ4v) is 4.08. The molecule has 1 aromatic heterocycles. The Morgan fingerprint density at radius 3 is 2.52 bits per heavy atom. The van der Waals surface area contributed by atoms with E-state index in [1.807, 2.05) is 26.0 Å². The van der Waals surface area contributed by atoms with Gasteiger partial charge in [0.1, 0.15) is 0 Å². The number of carbonyl (C=O) groups excluding carboxylic acids is 1. The van der Waals surface area contributed by atoms with Crippen molar-refractivity contribution < 1.29 is 13.6 Å². The molecule has 1 heterocycles. The third-order valence-corrected chi connectivity index (χ3v) is 5.55. The predicted octanol–water partition coefficient (Wildman–Crippen LogP) is 5.53. The van der Waals surface area contributed by atoms with Gasteiger partial charge in [0.15, 0.2) is 5.78 Å². The van der Waals surface area contributed by atoms with Gasteiger partial charge in [-0.05, 0) is 55.4 Å². The Bertz CT molecular complexity index is 896. The van der Waals surface area contributed by atoms with Gasteiger partial charge in [0, 0.05) is 30.1 Å². The lowest BCUT2D eigenvalue weighted by Crippen LogP contribution is -2.33. The Hall–Kier alpha value is -2.08. The molecule has 0 aliphatic heterocycles. The lowest BCUT2D eigenvalue weighted by atomic mass is 9.83. The Kier molecular flexibility index (Phi) is 6.52.